The normalized spacial score (nSPS) is 19.2. The summed E-state index contributed by atoms with van der Waals surface area (Å²) in [6.45, 7) is 2.99. The van der Waals surface area contributed by atoms with Crippen LogP contribution in [0.3, 0.4) is 0 Å². The molecule has 4 heteroatoms. The van der Waals surface area contributed by atoms with Crippen molar-refractivity contribution in [1.29, 1.82) is 0 Å². The van der Waals surface area contributed by atoms with E-state index in [4.69, 9.17) is 4.74 Å². The van der Waals surface area contributed by atoms with Crippen molar-refractivity contribution in [3.8, 4) is 5.88 Å². The minimum Gasteiger partial charge on any atom is -0.477 e. The lowest BCUT2D eigenvalue weighted by Crippen LogP contribution is -2.12. The first-order valence-electron chi connectivity index (χ1n) is 6.47. The number of rotatable bonds is 4. The van der Waals surface area contributed by atoms with Gasteiger partial charge in [-0.2, -0.15) is 0 Å². The van der Waals surface area contributed by atoms with Crippen LogP contribution in [0.4, 0.5) is 0 Å². The van der Waals surface area contributed by atoms with Gasteiger partial charge in [-0.15, -0.1) is 0 Å². The molecule has 1 atom stereocenters. The van der Waals surface area contributed by atoms with Crippen molar-refractivity contribution < 1.29 is 4.74 Å². The number of hydrogen-bond donors (Lipinski definition) is 1. The van der Waals surface area contributed by atoms with Gasteiger partial charge in [-0.1, -0.05) is 12.1 Å². The van der Waals surface area contributed by atoms with Crippen LogP contribution in [0.1, 0.15) is 12.8 Å². The molecule has 1 N–H and O–H groups in total. The van der Waals surface area contributed by atoms with Gasteiger partial charge >= 0.3 is 0 Å². The number of nitrogens with one attached hydrogen (secondary N) is 1. The lowest BCUT2D eigenvalue weighted by molar-refractivity contribution is 0.277. The molecule has 0 amide bonds. The van der Waals surface area contributed by atoms with Crippen molar-refractivity contribution >= 4 is 10.9 Å². The number of para-hydroxylation sites is 1. The molecule has 1 fully saturated rings. The van der Waals surface area contributed by atoms with E-state index in [1.165, 1.54) is 6.42 Å². The molecule has 1 unspecified atom stereocenters. The average molecular weight is 243 g/mol. The third-order valence-corrected chi connectivity index (χ3v) is 3.43. The monoisotopic (exact) mass is 243 g/mol. The zero-order chi connectivity index (χ0) is 12.2. The topological polar surface area (TPSA) is 47.0 Å². The number of nitrogens with zero attached hydrogens (tertiary/aromatic N) is 2. The van der Waals surface area contributed by atoms with Crippen molar-refractivity contribution in [2.75, 3.05) is 19.7 Å². The van der Waals surface area contributed by atoms with E-state index in [0.717, 1.165) is 42.9 Å². The molecule has 3 rings (SSSR count). The first-order chi connectivity index (χ1) is 8.93. The summed E-state index contributed by atoms with van der Waals surface area (Å²) in [6, 6.07) is 7.94. The van der Waals surface area contributed by atoms with Crippen molar-refractivity contribution in [2.24, 2.45) is 5.92 Å². The third-order valence-electron chi connectivity index (χ3n) is 3.43. The zero-order valence-electron chi connectivity index (χ0n) is 10.3. The van der Waals surface area contributed by atoms with E-state index in [1.807, 2.05) is 24.3 Å². The van der Waals surface area contributed by atoms with Gasteiger partial charge in [0.1, 0.15) is 6.33 Å². The van der Waals surface area contributed by atoms with Crippen LogP contribution in [-0.2, 0) is 0 Å². The Labute approximate surface area is 106 Å². The predicted molar refractivity (Wildman–Crippen MR) is 70.6 cm³/mol. The largest absolute Gasteiger partial charge is 0.477 e. The fourth-order valence-corrected chi connectivity index (χ4v) is 2.38. The molecular weight excluding hydrogens is 226 g/mol. The summed E-state index contributed by atoms with van der Waals surface area (Å²) in [6.07, 6.45) is 3.91. The molecule has 1 saturated heterocycles. The van der Waals surface area contributed by atoms with Crippen LogP contribution in [0.15, 0.2) is 30.6 Å². The Morgan fingerprint density at radius 3 is 3.11 bits per heavy atom. The van der Waals surface area contributed by atoms with Crippen LogP contribution >= 0.6 is 0 Å². The van der Waals surface area contributed by atoms with Gasteiger partial charge in [-0.25, -0.2) is 9.97 Å². The second kappa shape index (κ2) is 5.31. The summed E-state index contributed by atoms with van der Waals surface area (Å²) in [5.41, 5.74) is 0.935. The van der Waals surface area contributed by atoms with E-state index >= 15 is 0 Å². The van der Waals surface area contributed by atoms with Crippen molar-refractivity contribution in [3.63, 3.8) is 0 Å². The van der Waals surface area contributed by atoms with E-state index in [-0.39, 0.29) is 0 Å². The first kappa shape index (κ1) is 11.4. The second-order valence-corrected chi connectivity index (χ2v) is 4.69. The molecule has 18 heavy (non-hydrogen) atoms. The molecule has 1 aromatic carbocycles. The van der Waals surface area contributed by atoms with Crippen LogP contribution in [0.2, 0.25) is 0 Å². The van der Waals surface area contributed by atoms with Gasteiger partial charge in [0.2, 0.25) is 5.88 Å². The first-order valence-corrected chi connectivity index (χ1v) is 6.47. The molecule has 0 saturated carbocycles. The molecule has 1 aromatic heterocycles. The van der Waals surface area contributed by atoms with Gasteiger partial charge in [0.05, 0.1) is 17.5 Å². The van der Waals surface area contributed by atoms with E-state index in [1.54, 1.807) is 6.33 Å². The molecule has 1 aliphatic rings. The fourth-order valence-electron chi connectivity index (χ4n) is 2.38. The van der Waals surface area contributed by atoms with Crippen LogP contribution < -0.4 is 10.1 Å². The summed E-state index contributed by atoms with van der Waals surface area (Å²) in [4.78, 5) is 8.45. The van der Waals surface area contributed by atoms with E-state index in [9.17, 15) is 0 Å². The minimum atomic E-state index is 0.701. The summed E-state index contributed by atoms with van der Waals surface area (Å²) < 4.78 is 5.80. The van der Waals surface area contributed by atoms with Crippen molar-refractivity contribution in [3.05, 3.63) is 30.6 Å². The van der Waals surface area contributed by atoms with Gasteiger partial charge in [-0.3, -0.25) is 0 Å². The van der Waals surface area contributed by atoms with Gasteiger partial charge in [0.15, 0.2) is 0 Å². The Morgan fingerprint density at radius 2 is 2.22 bits per heavy atom. The highest BCUT2D eigenvalue weighted by Gasteiger charge is 2.14. The number of hydrogen-bond acceptors (Lipinski definition) is 4. The van der Waals surface area contributed by atoms with Gasteiger partial charge in [0.25, 0.3) is 0 Å². The number of benzene rings is 1. The highest BCUT2D eigenvalue weighted by molar-refractivity contribution is 5.82. The second-order valence-electron chi connectivity index (χ2n) is 4.69. The Kier molecular flexibility index (Phi) is 3.37. The smallest absolute Gasteiger partial charge is 0.224 e. The maximum atomic E-state index is 5.80. The predicted octanol–water partition coefficient (Wildman–Crippen LogP) is 2.01. The van der Waals surface area contributed by atoms with Crippen molar-refractivity contribution in [2.45, 2.75) is 12.8 Å². The lowest BCUT2D eigenvalue weighted by Gasteiger charge is -2.10. The molecular formula is C14H17N3O. The third kappa shape index (κ3) is 2.43. The fraction of sp³-hybridized carbons (Fsp3) is 0.429. The highest BCUT2D eigenvalue weighted by atomic mass is 16.5. The summed E-state index contributed by atoms with van der Waals surface area (Å²) in [5.74, 6) is 1.45. The quantitative estimate of drug-likeness (QED) is 0.892. The van der Waals surface area contributed by atoms with Crippen LogP contribution in [0.25, 0.3) is 10.9 Å². The van der Waals surface area contributed by atoms with Crippen LogP contribution in [0, 0.1) is 5.92 Å². The van der Waals surface area contributed by atoms with Crippen molar-refractivity contribution in [1.82, 2.24) is 15.3 Å². The van der Waals surface area contributed by atoms with E-state index in [2.05, 4.69) is 15.3 Å². The molecule has 4 nitrogen and oxygen atoms in total. The Balaban J connectivity index is 1.66. The molecule has 0 aliphatic carbocycles. The van der Waals surface area contributed by atoms with Gasteiger partial charge in [0, 0.05) is 0 Å². The highest BCUT2D eigenvalue weighted by Crippen LogP contribution is 2.21. The number of ether oxygens (including phenoxy) is 1. The van der Waals surface area contributed by atoms with E-state index < -0.39 is 0 Å². The minimum absolute atomic E-state index is 0.701. The standard InChI is InChI=1S/C14H17N3O/c1-2-4-13-12(3-1)14(17-10-16-13)18-8-6-11-5-7-15-9-11/h1-4,10-11,15H,5-9H2. The van der Waals surface area contributed by atoms with Crippen LogP contribution in [0.5, 0.6) is 5.88 Å². The Hall–Kier alpha value is -1.68. The van der Waals surface area contributed by atoms with Gasteiger partial charge < -0.3 is 10.1 Å². The average Bonchev–Trinajstić information content (AvgIpc) is 2.92. The molecule has 0 spiro atoms. The molecule has 94 valence electrons. The summed E-state index contributed by atoms with van der Waals surface area (Å²) >= 11 is 0. The molecule has 0 radical (unpaired) electrons. The van der Waals surface area contributed by atoms with E-state index in [0.29, 0.717) is 5.88 Å². The Bertz CT molecular complexity index is 518. The Morgan fingerprint density at radius 1 is 1.28 bits per heavy atom. The zero-order valence-corrected chi connectivity index (χ0v) is 10.3. The molecule has 2 heterocycles. The molecule has 0 bridgehead atoms. The maximum absolute atomic E-state index is 5.80. The van der Waals surface area contributed by atoms with Crippen LogP contribution in [-0.4, -0.2) is 29.7 Å². The van der Waals surface area contributed by atoms with Gasteiger partial charge in [-0.05, 0) is 44.0 Å². The SMILES string of the molecule is c1ccc2c(OCCC3CCNC3)ncnc2c1. The number of aromatic nitrogens is 2. The lowest BCUT2D eigenvalue weighted by atomic mass is 10.1. The summed E-state index contributed by atoms with van der Waals surface area (Å²) in [7, 11) is 0. The molecule has 2 aromatic rings. The number of fused-ring (bicyclic) bond motifs is 1. The maximum Gasteiger partial charge on any atom is 0.224 e. The molecule has 1 aliphatic heterocycles. The summed E-state index contributed by atoms with van der Waals surface area (Å²) in [5, 5.41) is 4.36.